The standard InChI is InChI=1S/C13H14N2O4S2/c16-9-6-21-13(11(18)10(9)17)19-8-3-7(4-14-5-8)12-15-1-2-20-12/h1-5,9-11,13,16-18H,6H2/t9-,10+,11-,13-/m1/s1. The third-order valence-corrected chi connectivity index (χ3v) is 5.16. The van der Waals surface area contributed by atoms with Gasteiger partial charge in [0.25, 0.3) is 0 Å². The fourth-order valence-corrected chi connectivity index (χ4v) is 3.72. The quantitative estimate of drug-likeness (QED) is 0.765. The Labute approximate surface area is 129 Å². The van der Waals surface area contributed by atoms with Gasteiger partial charge in [0.2, 0.25) is 0 Å². The molecule has 112 valence electrons. The first-order valence-electron chi connectivity index (χ1n) is 6.32. The molecule has 3 rings (SSSR count). The Kier molecular flexibility index (Phi) is 4.41. The van der Waals surface area contributed by atoms with Crippen molar-refractivity contribution in [3.05, 3.63) is 30.0 Å². The van der Waals surface area contributed by atoms with Crippen molar-refractivity contribution in [2.24, 2.45) is 0 Å². The second-order valence-electron chi connectivity index (χ2n) is 4.61. The van der Waals surface area contributed by atoms with Gasteiger partial charge < -0.3 is 20.1 Å². The Morgan fingerprint density at radius 3 is 2.81 bits per heavy atom. The molecule has 0 spiro atoms. The Bertz CT molecular complexity index is 596. The van der Waals surface area contributed by atoms with Crippen LogP contribution < -0.4 is 4.74 Å². The highest BCUT2D eigenvalue weighted by Crippen LogP contribution is 2.30. The number of ether oxygens (including phenoxy) is 1. The van der Waals surface area contributed by atoms with Gasteiger partial charge in [-0.2, -0.15) is 0 Å². The van der Waals surface area contributed by atoms with Crippen LogP contribution in [0.5, 0.6) is 5.75 Å². The van der Waals surface area contributed by atoms with Gasteiger partial charge in [-0.3, -0.25) is 4.98 Å². The number of pyridine rings is 1. The second-order valence-corrected chi connectivity index (χ2v) is 6.64. The van der Waals surface area contributed by atoms with Gasteiger partial charge >= 0.3 is 0 Å². The first kappa shape index (κ1) is 14.7. The summed E-state index contributed by atoms with van der Waals surface area (Å²) in [4.78, 5) is 8.31. The van der Waals surface area contributed by atoms with Crippen LogP contribution in [0, 0.1) is 0 Å². The number of thioether (sulfide) groups is 1. The van der Waals surface area contributed by atoms with E-state index in [0.29, 0.717) is 11.5 Å². The lowest BCUT2D eigenvalue weighted by Gasteiger charge is -2.34. The molecule has 1 fully saturated rings. The third-order valence-electron chi connectivity index (χ3n) is 3.10. The van der Waals surface area contributed by atoms with Gasteiger partial charge in [0.15, 0.2) is 5.44 Å². The normalized spacial score (nSPS) is 29.3. The third kappa shape index (κ3) is 3.19. The van der Waals surface area contributed by atoms with Crippen LogP contribution in [0.2, 0.25) is 0 Å². The van der Waals surface area contributed by atoms with Crippen LogP contribution in [0.3, 0.4) is 0 Å². The van der Waals surface area contributed by atoms with E-state index in [1.807, 2.05) is 5.38 Å². The predicted octanol–water partition coefficient (Wildman–Crippen LogP) is 0.739. The zero-order chi connectivity index (χ0) is 14.8. The lowest BCUT2D eigenvalue weighted by molar-refractivity contribution is -0.0786. The van der Waals surface area contributed by atoms with Crippen LogP contribution >= 0.6 is 23.1 Å². The molecule has 21 heavy (non-hydrogen) atoms. The lowest BCUT2D eigenvalue weighted by Crippen LogP contribution is -2.50. The SMILES string of the molecule is O[C@@H]1[C@@H](O)[C@H](Oc2cncc(-c3nccs3)c2)SC[C@H]1O. The van der Waals surface area contributed by atoms with E-state index in [9.17, 15) is 15.3 Å². The maximum atomic E-state index is 9.94. The molecular weight excluding hydrogens is 312 g/mol. The molecule has 3 N–H and O–H groups in total. The summed E-state index contributed by atoms with van der Waals surface area (Å²) in [6.45, 7) is 0. The van der Waals surface area contributed by atoms with E-state index >= 15 is 0 Å². The molecule has 1 aliphatic heterocycles. The molecule has 0 amide bonds. The summed E-state index contributed by atoms with van der Waals surface area (Å²) in [5.74, 6) is 0.797. The minimum absolute atomic E-state index is 0.308. The summed E-state index contributed by atoms with van der Waals surface area (Å²) in [6.07, 6.45) is 1.65. The Morgan fingerprint density at radius 1 is 1.19 bits per heavy atom. The molecule has 0 radical (unpaired) electrons. The zero-order valence-electron chi connectivity index (χ0n) is 10.9. The number of hydrogen-bond donors (Lipinski definition) is 3. The van der Waals surface area contributed by atoms with Crippen LogP contribution in [0.4, 0.5) is 0 Å². The smallest absolute Gasteiger partial charge is 0.173 e. The van der Waals surface area contributed by atoms with Crippen LogP contribution in [-0.2, 0) is 0 Å². The molecule has 0 aromatic carbocycles. The van der Waals surface area contributed by atoms with Crippen molar-refractivity contribution in [1.82, 2.24) is 9.97 Å². The van der Waals surface area contributed by atoms with Crippen molar-refractivity contribution in [3.63, 3.8) is 0 Å². The van der Waals surface area contributed by atoms with Crippen LogP contribution in [0.25, 0.3) is 10.6 Å². The van der Waals surface area contributed by atoms with E-state index in [2.05, 4.69) is 9.97 Å². The maximum Gasteiger partial charge on any atom is 0.173 e. The first-order valence-corrected chi connectivity index (χ1v) is 8.25. The minimum Gasteiger partial charge on any atom is -0.475 e. The van der Waals surface area contributed by atoms with E-state index < -0.39 is 23.7 Å². The highest BCUT2D eigenvalue weighted by Gasteiger charge is 2.38. The summed E-state index contributed by atoms with van der Waals surface area (Å²) in [7, 11) is 0. The molecule has 0 unspecified atom stereocenters. The average Bonchev–Trinajstić information content (AvgIpc) is 3.03. The second kappa shape index (κ2) is 6.29. The summed E-state index contributed by atoms with van der Waals surface area (Å²) in [5, 5.41) is 31.8. The largest absolute Gasteiger partial charge is 0.475 e. The number of hydrogen-bond acceptors (Lipinski definition) is 8. The minimum atomic E-state index is -1.20. The van der Waals surface area contributed by atoms with Gasteiger partial charge in [0, 0.05) is 29.1 Å². The summed E-state index contributed by atoms with van der Waals surface area (Å²) in [6, 6.07) is 1.79. The van der Waals surface area contributed by atoms with Gasteiger partial charge in [-0.15, -0.1) is 23.1 Å². The number of nitrogens with zero attached hydrogens (tertiary/aromatic N) is 2. The van der Waals surface area contributed by atoms with Crippen LogP contribution in [-0.4, -0.2) is 54.8 Å². The number of aliphatic hydroxyl groups is 3. The molecule has 0 saturated carbocycles. The van der Waals surface area contributed by atoms with E-state index in [-0.39, 0.29) is 0 Å². The molecule has 4 atom stereocenters. The average molecular weight is 326 g/mol. The molecular formula is C13H14N2O4S2. The summed E-state index contributed by atoms with van der Waals surface area (Å²) < 4.78 is 5.68. The summed E-state index contributed by atoms with van der Waals surface area (Å²) >= 11 is 2.76. The molecule has 0 aliphatic carbocycles. The van der Waals surface area contributed by atoms with E-state index in [4.69, 9.17) is 4.74 Å². The van der Waals surface area contributed by atoms with E-state index in [1.165, 1.54) is 23.1 Å². The van der Waals surface area contributed by atoms with Gasteiger partial charge in [0.1, 0.15) is 23.0 Å². The van der Waals surface area contributed by atoms with E-state index in [0.717, 1.165) is 10.6 Å². The van der Waals surface area contributed by atoms with Gasteiger partial charge in [-0.1, -0.05) is 0 Å². The Hall–Kier alpha value is -1.19. The van der Waals surface area contributed by atoms with Crippen molar-refractivity contribution in [2.45, 2.75) is 23.7 Å². The molecule has 1 aliphatic rings. The zero-order valence-corrected chi connectivity index (χ0v) is 12.5. The lowest BCUT2D eigenvalue weighted by atomic mass is 10.1. The molecule has 0 bridgehead atoms. The fraction of sp³-hybridized carbons (Fsp3) is 0.385. The van der Waals surface area contributed by atoms with Crippen LogP contribution in [0.15, 0.2) is 30.0 Å². The monoisotopic (exact) mass is 326 g/mol. The van der Waals surface area contributed by atoms with Gasteiger partial charge in [-0.25, -0.2) is 4.98 Å². The molecule has 1 saturated heterocycles. The molecule has 6 nitrogen and oxygen atoms in total. The van der Waals surface area contributed by atoms with Crippen molar-refractivity contribution in [2.75, 3.05) is 5.75 Å². The topological polar surface area (TPSA) is 95.7 Å². The van der Waals surface area contributed by atoms with E-state index in [1.54, 1.807) is 24.7 Å². The number of aromatic nitrogens is 2. The Balaban J connectivity index is 1.75. The number of aliphatic hydroxyl groups excluding tert-OH is 3. The summed E-state index contributed by atoms with van der Waals surface area (Å²) in [5.41, 5.74) is 0.190. The van der Waals surface area contributed by atoms with Crippen LogP contribution in [0.1, 0.15) is 0 Å². The van der Waals surface area contributed by atoms with Crippen molar-refractivity contribution in [3.8, 4) is 16.3 Å². The maximum absolute atomic E-state index is 9.94. The molecule has 2 aromatic rings. The first-order chi connectivity index (χ1) is 10.1. The van der Waals surface area contributed by atoms with Gasteiger partial charge in [0.05, 0.1) is 12.3 Å². The molecule has 8 heteroatoms. The highest BCUT2D eigenvalue weighted by atomic mass is 32.2. The van der Waals surface area contributed by atoms with Crippen molar-refractivity contribution in [1.29, 1.82) is 0 Å². The fourth-order valence-electron chi connectivity index (χ4n) is 1.98. The van der Waals surface area contributed by atoms with Crippen molar-refractivity contribution < 1.29 is 20.1 Å². The molecule has 2 aromatic heterocycles. The highest BCUT2D eigenvalue weighted by molar-refractivity contribution is 7.99. The van der Waals surface area contributed by atoms with Gasteiger partial charge in [-0.05, 0) is 6.07 Å². The predicted molar refractivity (Wildman–Crippen MR) is 80.2 cm³/mol. The van der Waals surface area contributed by atoms with Crippen molar-refractivity contribution >= 4 is 23.1 Å². The number of thiazole rings is 1. The Morgan fingerprint density at radius 2 is 2.05 bits per heavy atom. The number of rotatable bonds is 3. The molecule has 3 heterocycles.